The molecule has 0 amide bonds. The quantitative estimate of drug-likeness (QED) is 0.558. The zero-order chi connectivity index (χ0) is 7.68. The van der Waals surface area contributed by atoms with Crippen LogP contribution in [-0.4, -0.2) is 17.8 Å². The van der Waals surface area contributed by atoms with Crippen LogP contribution < -0.4 is 9.47 Å². The van der Waals surface area contributed by atoms with Gasteiger partial charge in [-0.3, -0.25) is 0 Å². The lowest BCUT2D eigenvalue weighted by Gasteiger charge is -1.97. The van der Waals surface area contributed by atoms with Crippen LogP contribution >= 0.6 is 0 Å². The number of hydrogen-bond acceptors (Lipinski definition) is 2. The Balaban J connectivity index is 2.32. The maximum atomic E-state index is 5.42. The van der Waals surface area contributed by atoms with E-state index in [1.165, 1.54) is 0 Å². The van der Waals surface area contributed by atoms with E-state index < -0.39 is 0 Å². The molecule has 0 aliphatic carbocycles. The maximum Gasteiger partial charge on any atom is 0.178 e. The van der Waals surface area contributed by atoms with E-state index in [-0.39, 0.29) is 0 Å². The number of nitrogens with zero attached hydrogens (tertiary/aromatic N) is 1. The van der Waals surface area contributed by atoms with E-state index in [0.29, 0.717) is 0 Å². The Morgan fingerprint density at radius 2 is 1.73 bits per heavy atom. The van der Waals surface area contributed by atoms with Crippen molar-refractivity contribution < 1.29 is 9.47 Å². The van der Waals surface area contributed by atoms with Gasteiger partial charge in [0, 0.05) is 25.9 Å². The SMILES string of the molecule is Cn1cc2c(c1)OCCCO2. The van der Waals surface area contributed by atoms with E-state index in [0.717, 1.165) is 31.1 Å². The van der Waals surface area contributed by atoms with E-state index >= 15 is 0 Å². The number of fused-ring (bicyclic) bond motifs is 1. The summed E-state index contributed by atoms with van der Waals surface area (Å²) < 4.78 is 12.8. The Labute approximate surface area is 65.5 Å². The van der Waals surface area contributed by atoms with Crippen LogP contribution in [0.5, 0.6) is 11.5 Å². The fraction of sp³-hybridized carbons (Fsp3) is 0.500. The maximum absolute atomic E-state index is 5.42. The Bertz CT molecular complexity index is 231. The van der Waals surface area contributed by atoms with Crippen LogP contribution in [0.3, 0.4) is 0 Å². The number of rotatable bonds is 0. The van der Waals surface area contributed by atoms with E-state index in [1.807, 2.05) is 24.0 Å². The van der Waals surface area contributed by atoms with Crippen LogP contribution in [0.2, 0.25) is 0 Å². The van der Waals surface area contributed by atoms with Crippen LogP contribution in [0.1, 0.15) is 6.42 Å². The highest BCUT2D eigenvalue weighted by Gasteiger charge is 2.10. The molecule has 0 aromatic carbocycles. The molecule has 2 heterocycles. The molecule has 1 aliphatic rings. The first kappa shape index (κ1) is 6.58. The van der Waals surface area contributed by atoms with Crippen molar-refractivity contribution in [2.24, 2.45) is 7.05 Å². The summed E-state index contributed by atoms with van der Waals surface area (Å²) in [6, 6.07) is 0. The van der Waals surface area contributed by atoms with Crippen LogP contribution in [0, 0.1) is 0 Å². The Morgan fingerprint density at radius 3 is 2.27 bits per heavy atom. The van der Waals surface area contributed by atoms with Crippen LogP contribution in [0.25, 0.3) is 0 Å². The molecule has 11 heavy (non-hydrogen) atoms. The monoisotopic (exact) mass is 153 g/mol. The third-order valence-electron chi connectivity index (χ3n) is 1.69. The molecule has 3 heteroatoms. The summed E-state index contributed by atoms with van der Waals surface area (Å²) in [6.45, 7) is 1.52. The average Bonchev–Trinajstić information content (AvgIpc) is 2.17. The fourth-order valence-electron chi connectivity index (χ4n) is 1.17. The normalized spacial score (nSPS) is 16.1. The molecule has 3 nitrogen and oxygen atoms in total. The zero-order valence-electron chi connectivity index (χ0n) is 6.54. The van der Waals surface area contributed by atoms with Gasteiger partial charge in [0.2, 0.25) is 0 Å². The second-order valence-corrected chi connectivity index (χ2v) is 2.70. The van der Waals surface area contributed by atoms with Crippen molar-refractivity contribution in [1.29, 1.82) is 0 Å². The summed E-state index contributed by atoms with van der Waals surface area (Å²) in [5, 5.41) is 0. The lowest BCUT2D eigenvalue weighted by Crippen LogP contribution is -1.98. The van der Waals surface area contributed by atoms with Gasteiger partial charge in [-0.15, -0.1) is 0 Å². The van der Waals surface area contributed by atoms with Crippen molar-refractivity contribution >= 4 is 0 Å². The van der Waals surface area contributed by atoms with Crippen molar-refractivity contribution in [3.8, 4) is 11.5 Å². The zero-order valence-corrected chi connectivity index (χ0v) is 6.54. The van der Waals surface area contributed by atoms with Crippen LogP contribution in [0.15, 0.2) is 12.4 Å². The van der Waals surface area contributed by atoms with Crippen LogP contribution in [0.4, 0.5) is 0 Å². The topological polar surface area (TPSA) is 23.4 Å². The first-order valence-electron chi connectivity index (χ1n) is 3.78. The number of hydrogen-bond donors (Lipinski definition) is 0. The lowest BCUT2D eigenvalue weighted by molar-refractivity contribution is 0.294. The molecule has 0 spiro atoms. The minimum atomic E-state index is 0.761. The Morgan fingerprint density at radius 1 is 1.18 bits per heavy atom. The van der Waals surface area contributed by atoms with Crippen molar-refractivity contribution in [3.63, 3.8) is 0 Å². The first-order chi connectivity index (χ1) is 5.36. The molecule has 1 aromatic rings. The molecule has 0 saturated carbocycles. The predicted octanol–water partition coefficient (Wildman–Crippen LogP) is 1.19. The molecule has 0 atom stereocenters. The smallest absolute Gasteiger partial charge is 0.178 e. The van der Waals surface area contributed by atoms with Gasteiger partial charge in [0.25, 0.3) is 0 Å². The Hall–Kier alpha value is -1.12. The summed E-state index contributed by atoms with van der Waals surface area (Å²) in [5.74, 6) is 1.73. The summed E-state index contributed by atoms with van der Waals surface area (Å²) in [5.41, 5.74) is 0. The number of aromatic nitrogens is 1. The molecule has 0 bridgehead atoms. The molecule has 1 aliphatic heterocycles. The third kappa shape index (κ3) is 1.18. The van der Waals surface area contributed by atoms with Gasteiger partial charge in [-0.05, 0) is 0 Å². The first-order valence-corrected chi connectivity index (χ1v) is 3.78. The largest absolute Gasteiger partial charge is 0.488 e. The summed E-state index contributed by atoms with van der Waals surface area (Å²) >= 11 is 0. The van der Waals surface area contributed by atoms with E-state index in [1.54, 1.807) is 0 Å². The lowest BCUT2D eigenvalue weighted by atomic mass is 10.5. The minimum absolute atomic E-state index is 0.761. The van der Waals surface area contributed by atoms with Gasteiger partial charge in [-0.25, -0.2) is 0 Å². The second kappa shape index (κ2) is 2.49. The van der Waals surface area contributed by atoms with Gasteiger partial charge >= 0.3 is 0 Å². The van der Waals surface area contributed by atoms with Gasteiger partial charge < -0.3 is 14.0 Å². The van der Waals surface area contributed by atoms with E-state index in [2.05, 4.69) is 0 Å². The highest BCUT2D eigenvalue weighted by molar-refractivity contribution is 5.38. The summed E-state index contributed by atoms with van der Waals surface area (Å²) in [4.78, 5) is 0. The molecule has 0 N–H and O–H groups in total. The third-order valence-corrected chi connectivity index (χ3v) is 1.69. The minimum Gasteiger partial charge on any atom is -0.488 e. The molecule has 1 aromatic heterocycles. The fourth-order valence-corrected chi connectivity index (χ4v) is 1.17. The molecule has 0 saturated heterocycles. The van der Waals surface area contributed by atoms with Crippen molar-refractivity contribution in [2.45, 2.75) is 6.42 Å². The molecular weight excluding hydrogens is 142 g/mol. The molecule has 0 fully saturated rings. The Kier molecular flexibility index (Phi) is 1.49. The molecule has 60 valence electrons. The molecular formula is C8H11NO2. The van der Waals surface area contributed by atoms with Crippen molar-refractivity contribution in [1.82, 2.24) is 4.57 Å². The van der Waals surface area contributed by atoms with E-state index in [9.17, 15) is 0 Å². The van der Waals surface area contributed by atoms with Gasteiger partial charge in [0.1, 0.15) is 0 Å². The average molecular weight is 153 g/mol. The van der Waals surface area contributed by atoms with Gasteiger partial charge in [0.05, 0.1) is 13.2 Å². The van der Waals surface area contributed by atoms with Gasteiger partial charge in [-0.2, -0.15) is 0 Å². The van der Waals surface area contributed by atoms with Crippen molar-refractivity contribution in [3.05, 3.63) is 12.4 Å². The molecule has 0 unspecified atom stereocenters. The van der Waals surface area contributed by atoms with Crippen LogP contribution in [-0.2, 0) is 7.05 Å². The van der Waals surface area contributed by atoms with Gasteiger partial charge in [0.15, 0.2) is 11.5 Å². The predicted molar refractivity (Wildman–Crippen MR) is 41.0 cm³/mol. The van der Waals surface area contributed by atoms with Gasteiger partial charge in [-0.1, -0.05) is 0 Å². The van der Waals surface area contributed by atoms with Crippen molar-refractivity contribution in [2.75, 3.05) is 13.2 Å². The summed E-state index contributed by atoms with van der Waals surface area (Å²) in [7, 11) is 1.96. The molecule has 2 rings (SSSR count). The highest BCUT2D eigenvalue weighted by atomic mass is 16.5. The summed E-state index contributed by atoms with van der Waals surface area (Å²) in [6.07, 6.45) is 4.83. The second-order valence-electron chi connectivity index (χ2n) is 2.70. The highest BCUT2D eigenvalue weighted by Crippen LogP contribution is 2.29. The van der Waals surface area contributed by atoms with E-state index in [4.69, 9.17) is 9.47 Å². The molecule has 0 radical (unpaired) electrons. The number of aryl methyl sites for hydroxylation is 1. The standard InChI is InChI=1S/C8H11NO2/c1-9-5-7-8(6-9)11-4-2-3-10-7/h5-6H,2-4H2,1H3. The number of ether oxygens (including phenoxy) is 2.